The first-order valence-corrected chi connectivity index (χ1v) is 12.8. The van der Waals surface area contributed by atoms with Gasteiger partial charge in [0.15, 0.2) is 6.10 Å². The van der Waals surface area contributed by atoms with E-state index in [0.717, 1.165) is 59.6 Å². The van der Waals surface area contributed by atoms with E-state index in [1.807, 2.05) is 27.7 Å². The third-order valence-corrected chi connectivity index (χ3v) is 7.40. The molecule has 0 saturated carbocycles. The Morgan fingerprint density at radius 1 is 1.14 bits per heavy atom. The molecule has 1 aliphatic rings. The topological polar surface area (TPSA) is 62.6 Å². The monoisotopic (exact) mass is 492 g/mol. The first-order chi connectivity index (χ1) is 16.9. The lowest BCUT2D eigenvalue weighted by atomic mass is 9.89. The van der Waals surface area contributed by atoms with E-state index in [1.165, 1.54) is 29.5 Å². The van der Waals surface area contributed by atoms with Crippen LogP contribution in [0.15, 0.2) is 18.2 Å². The van der Waals surface area contributed by atoms with E-state index in [0.29, 0.717) is 5.92 Å². The molecule has 1 fully saturated rings. The normalized spacial score (nSPS) is 15.2. The molecule has 4 rings (SSSR count). The number of carbonyl (C=O) groups excluding carboxylic acids is 1. The smallest absolute Gasteiger partial charge is 0.339 e. The van der Waals surface area contributed by atoms with Crippen LogP contribution in [0.5, 0.6) is 0 Å². The number of nitrogens with zero attached hydrogens (tertiary/aromatic N) is 2. The summed E-state index contributed by atoms with van der Waals surface area (Å²) in [5, 5.41) is 1.08. The van der Waals surface area contributed by atoms with Crippen molar-refractivity contribution in [1.82, 2.24) is 9.55 Å². The van der Waals surface area contributed by atoms with Gasteiger partial charge in [0.05, 0.1) is 25.9 Å². The molecule has 0 spiro atoms. The molecule has 0 unspecified atom stereocenters. The molecule has 1 aliphatic heterocycles. The van der Waals surface area contributed by atoms with Crippen LogP contribution in [0.25, 0.3) is 22.2 Å². The SMILES string of the molecule is COC(=O)[C@@H](OC(C)(C)C)c1c(C)nc2c(c(C)c(C)n2CCC2COC2)c1-c1ccc(C)c(C)c1. The van der Waals surface area contributed by atoms with Gasteiger partial charge in [-0.2, -0.15) is 0 Å². The summed E-state index contributed by atoms with van der Waals surface area (Å²) >= 11 is 0. The molecular formula is C30H40N2O4. The maximum atomic E-state index is 13.2. The first kappa shape index (κ1) is 26.4. The predicted molar refractivity (Wildman–Crippen MR) is 143 cm³/mol. The van der Waals surface area contributed by atoms with Gasteiger partial charge in [0.25, 0.3) is 0 Å². The fraction of sp³-hybridized carbons (Fsp3) is 0.533. The van der Waals surface area contributed by atoms with Crippen LogP contribution >= 0.6 is 0 Å². The van der Waals surface area contributed by atoms with Crippen LogP contribution in [0.4, 0.5) is 0 Å². The lowest BCUT2D eigenvalue weighted by Gasteiger charge is -2.29. The molecule has 1 atom stereocenters. The summed E-state index contributed by atoms with van der Waals surface area (Å²) in [6.45, 7) is 19.0. The molecule has 1 aromatic carbocycles. The van der Waals surface area contributed by atoms with Gasteiger partial charge in [0.1, 0.15) is 5.65 Å². The zero-order valence-electron chi connectivity index (χ0n) is 23.2. The Morgan fingerprint density at radius 2 is 1.83 bits per heavy atom. The molecule has 3 aromatic rings. The zero-order chi connectivity index (χ0) is 26.4. The minimum atomic E-state index is -0.890. The van der Waals surface area contributed by atoms with Gasteiger partial charge in [0.2, 0.25) is 0 Å². The molecule has 0 amide bonds. The Balaban J connectivity index is 2.03. The van der Waals surface area contributed by atoms with Crippen molar-refractivity contribution >= 4 is 17.0 Å². The Morgan fingerprint density at radius 3 is 2.39 bits per heavy atom. The summed E-state index contributed by atoms with van der Waals surface area (Å²) < 4.78 is 19.3. The molecule has 2 aromatic heterocycles. The highest BCUT2D eigenvalue weighted by molar-refractivity contribution is 6.00. The number of rotatable bonds is 7. The largest absolute Gasteiger partial charge is 0.467 e. The van der Waals surface area contributed by atoms with Gasteiger partial charge in [-0.1, -0.05) is 18.2 Å². The minimum absolute atomic E-state index is 0.418. The van der Waals surface area contributed by atoms with E-state index in [4.69, 9.17) is 19.2 Å². The fourth-order valence-electron chi connectivity index (χ4n) is 5.03. The van der Waals surface area contributed by atoms with Crippen molar-refractivity contribution in [3.05, 3.63) is 51.8 Å². The van der Waals surface area contributed by atoms with Gasteiger partial charge < -0.3 is 18.8 Å². The quantitative estimate of drug-likeness (QED) is 0.362. The third kappa shape index (κ3) is 4.94. The Labute approximate surface area is 215 Å². The second-order valence-corrected chi connectivity index (χ2v) is 11.2. The Kier molecular flexibility index (Phi) is 7.31. The second kappa shape index (κ2) is 9.98. The van der Waals surface area contributed by atoms with Gasteiger partial charge in [0, 0.05) is 40.4 Å². The fourth-order valence-corrected chi connectivity index (χ4v) is 5.03. The minimum Gasteiger partial charge on any atom is -0.467 e. The molecular weight excluding hydrogens is 452 g/mol. The number of carbonyl (C=O) groups is 1. The van der Waals surface area contributed by atoms with E-state index in [-0.39, 0.29) is 0 Å². The molecule has 0 bridgehead atoms. The Bertz CT molecular complexity index is 1290. The average molecular weight is 493 g/mol. The maximum absolute atomic E-state index is 13.2. The van der Waals surface area contributed by atoms with E-state index < -0.39 is 17.7 Å². The lowest BCUT2D eigenvalue weighted by molar-refractivity contribution is -0.164. The second-order valence-electron chi connectivity index (χ2n) is 11.2. The van der Waals surface area contributed by atoms with E-state index in [9.17, 15) is 4.79 Å². The highest BCUT2D eigenvalue weighted by Gasteiger charge is 2.34. The van der Waals surface area contributed by atoms with Crippen LogP contribution in [0.2, 0.25) is 0 Å². The van der Waals surface area contributed by atoms with Crippen molar-refractivity contribution < 1.29 is 19.0 Å². The van der Waals surface area contributed by atoms with Gasteiger partial charge >= 0.3 is 5.97 Å². The number of esters is 1. The van der Waals surface area contributed by atoms with Gasteiger partial charge in [-0.3, -0.25) is 0 Å². The highest BCUT2D eigenvalue weighted by Crippen LogP contribution is 2.42. The number of fused-ring (bicyclic) bond motifs is 1. The molecule has 0 radical (unpaired) electrons. The van der Waals surface area contributed by atoms with Crippen LogP contribution < -0.4 is 0 Å². The number of ether oxygens (including phenoxy) is 3. The van der Waals surface area contributed by atoms with Crippen LogP contribution in [-0.2, 0) is 25.5 Å². The lowest BCUT2D eigenvalue weighted by Crippen LogP contribution is -2.29. The molecule has 1 saturated heterocycles. The van der Waals surface area contributed by atoms with Crippen molar-refractivity contribution in [2.45, 2.75) is 80.1 Å². The van der Waals surface area contributed by atoms with Crippen molar-refractivity contribution in [1.29, 1.82) is 0 Å². The summed E-state index contributed by atoms with van der Waals surface area (Å²) in [4.78, 5) is 18.3. The van der Waals surface area contributed by atoms with Crippen molar-refractivity contribution in [3.63, 3.8) is 0 Å². The maximum Gasteiger partial charge on any atom is 0.339 e. The van der Waals surface area contributed by atoms with E-state index >= 15 is 0 Å². The van der Waals surface area contributed by atoms with Crippen molar-refractivity contribution in [2.24, 2.45) is 5.92 Å². The number of methoxy groups -OCH3 is 1. The van der Waals surface area contributed by atoms with Crippen molar-refractivity contribution in [2.75, 3.05) is 20.3 Å². The summed E-state index contributed by atoms with van der Waals surface area (Å²) in [5.41, 5.74) is 8.83. The van der Waals surface area contributed by atoms with Gasteiger partial charge in [-0.05, 0) is 84.1 Å². The third-order valence-electron chi connectivity index (χ3n) is 7.40. The summed E-state index contributed by atoms with van der Waals surface area (Å²) in [7, 11) is 1.41. The molecule has 6 heteroatoms. The van der Waals surface area contributed by atoms with Gasteiger partial charge in [-0.15, -0.1) is 0 Å². The molecule has 0 N–H and O–H groups in total. The van der Waals surface area contributed by atoms with Gasteiger partial charge in [-0.25, -0.2) is 9.78 Å². The molecule has 194 valence electrons. The molecule has 6 nitrogen and oxygen atoms in total. The number of aromatic nitrogens is 2. The van der Waals surface area contributed by atoms with Crippen LogP contribution in [0.3, 0.4) is 0 Å². The average Bonchev–Trinajstić information content (AvgIpc) is 3.01. The predicted octanol–water partition coefficient (Wildman–Crippen LogP) is 6.31. The highest BCUT2D eigenvalue weighted by atomic mass is 16.6. The molecule has 3 heterocycles. The van der Waals surface area contributed by atoms with Crippen molar-refractivity contribution in [3.8, 4) is 11.1 Å². The summed E-state index contributed by atoms with van der Waals surface area (Å²) in [5.74, 6) is 0.184. The molecule has 0 aliphatic carbocycles. The standard InChI is InChI=1S/C30H40N2O4/c1-17-10-11-23(14-18(17)2)26-24-19(3)21(5)32(13-12-22-15-35-16-22)28(24)31-20(4)25(26)27(29(33)34-9)36-30(6,7)8/h10-11,14,22,27H,12-13,15-16H2,1-9H3/t27-/m0/s1. The summed E-state index contributed by atoms with van der Waals surface area (Å²) in [6, 6.07) is 6.49. The van der Waals surface area contributed by atoms with Crippen LogP contribution in [-0.4, -0.2) is 41.4 Å². The number of hydrogen-bond acceptors (Lipinski definition) is 5. The van der Waals surface area contributed by atoms with E-state index in [1.54, 1.807) is 0 Å². The number of aryl methyl sites for hydroxylation is 5. The Hall–Kier alpha value is -2.70. The van der Waals surface area contributed by atoms with Crippen LogP contribution in [0.1, 0.15) is 66.9 Å². The first-order valence-electron chi connectivity index (χ1n) is 12.8. The molecule has 36 heavy (non-hydrogen) atoms. The summed E-state index contributed by atoms with van der Waals surface area (Å²) in [6.07, 6.45) is 0.169. The number of hydrogen-bond donors (Lipinski definition) is 0. The number of pyridine rings is 1. The number of benzene rings is 1. The zero-order valence-corrected chi connectivity index (χ0v) is 23.2. The van der Waals surface area contributed by atoms with E-state index in [2.05, 4.69) is 50.5 Å². The van der Waals surface area contributed by atoms with Crippen LogP contribution in [0, 0.1) is 40.5 Å².